The van der Waals surface area contributed by atoms with Gasteiger partial charge in [-0.15, -0.1) is 0 Å². The largest absolute Gasteiger partial charge is 0.339 e. The molecule has 1 aliphatic heterocycles. The van der Waals surface area contributed by atoms with Crippen LogP contribution in [0, 0.1) is 5.92 Å². The Hall–Kier alpha value is -2.37. The topological polar surface area (TPSA) is 71.3 Å². The minimum atomic E-state index is 0.0527. The van der Waals surface area contributed by atoms with Crippen LogP contribution in [0.3, 0.4) is 0 Å². The van der Waals surface area contributed by atoms with Gasteiger partial charge in [-0.3, -0.25) is 0 Å². The van der Waals surface area contributed by atoms with Crippen molar-refractivity contribution >= 4 is 6.03 Å². The number of urea groups is 1. The Bertz CT molecular complexity index is 742. The van der Waals surface area contributed by atoms with Gasteiger partial charge in [0.2, 0.25) is 5.89 Å². The summed E-state index contributed by atoms with van der Waals surface area (Å²) in [6.07, 6.45) is 7.23. The molecule has 144 valence electrons. The van der Waals surface area contributed by atoms with Crippen LogP contribution >= 0.6 is 0 Å². The number of likely N-dealkylation sites (tertiary alicyclic amines) is 1. The minimum Gasteiger partial charge on any atom is -0.339 e. The predicted molar refractivity (Wildman–Crippen MR) is 102 cm³/mol. The average molecular weight is 368 g/mol. The lowest BCUT2D eigenvalue weighted by molar-refractivity contribution is 0.161. The van der Waals surface area contributed by atoms with Crippen LogP contribution in [0.5, 0.6) is 0 Å². The average Bonchev–Trinajstić information content (AvgIpc) is 3.45. The van der Waals surface area contributed by atoms with Crippen LogP contribution in [0.15, 0.2) is 34.9 Å². The summed E-state index contributed by atoms with van der Waals surface area (Å²) in [5, 5.41) is 7.16. The Labute approximate surface area is 160 Å². The number of hydrogen-bond acceptors (Lipinski definition) is 4. The lowest BCUT2D eigenvalue weighted by Gasteiger charge is -2.32. The number of amides is 2. The second-order valence-corrected chi connectivity index (χ2v) is 7.80. The van der Waals surface area contributed by atoms with Gasteiger partial charge in [-0.1, -0.05) is 35.5 Å². The van der Waals surface area contributed by atoms with Gasteiger partial charge in [-0.05, 0) is 50.0 Å². The summed E-state index contributed by atoms with van der Waals surface area (Å²) in [4.78, 5) is 18.9. The highest BCUT2D eigenvalue weighted by molar-refractivity contribution is 5.74. The van der Waals surface area contributed by atoms with Crippen molar-refractivity contribution in [2.45, 2.75) is 50.9 Å². The second-order valence-electron chi connectivity index (χ2n) is 7.80. The normalized spacial score (nSPS) is 19.9. The summed E-state index contributed by atoms with van der Waals surface area (Å²) in [5.74, 6) is 2.52. The number of aromatic nitrogens is 2. The maximum absolute atomic E-state index is 12.5. The Kier molecular flexibility index (Phi) is 5.70. The van der Waals surface area contributed by atoms with Crippen molar-refractivity contribution in [3.63, 3.8) is 0 Å². The number of carbonyl (C=O) groups excluding carboxylic acids is 1. The second kappa shape index (κ2) is 8.55. The third-order valence-electron chi connectivity index (χ3n) is 5.46. The van der Waals surface area contributed by atoms with Crippen molar-refractivity contribution in [3.8, 4) is 0 Å². The van der Waals surface area contributed by atoms with Crippen LogP contribution in [0.4, 0.5) is 4.79 Å². The fraction of sp³-hybridized carbons (Fsp3) is 0.571. The molecule has 2 fully saturated rings. The Morgan fingerprint density at radius 1 is 1.22 bits per heavy atom. The van der Waals surface area contributed by atoms with Gasteiger partial charge in [0.05, 0.1) is 0 Å². The first-order chi connectivity index (χ1) is 13.3. The van der Waals surface area contributed by atoms with E-state index in [-0.39, 0.29) is 6.03 Å². The van der Waals surface area contributed by atoms with E-state index in [2.05, 4.69) is 39.7 Å². The maximum Gasteiger partial charge on any atom is 0.317 e. The summed E-state index contributed by atoms with van der Waals surface area (Å²) in [7, 11) is 0. The van der Waals surface area contributed by atoms with E-state index in [1.807, 2.05) is 11.0 Å². The zero-order chi connectivity index (χ0) is 18.5. The highest BCUT2D eigenvalue weighted by Gasteiger charge is 2.30. The van der Waals surface area contributed by atoms with Gasteiger partial charge < -0.3 is 14.7 Å². The quantitative estimate of drug-likeness (QED) is 0.759. The van der Waals surface area contributed by atoms with E-state index in [9.17, 15) is 4.79 Å². The van der Waals surface area contributed by atoms with Gasteiger partial charge in [0, 0.05) is 32.0 Å². The number of rotatable bonds is 7. The predicted octanol–water partition coefficient (Wildman–Crippen LogP) is 3.54. The molecule has 6 nitrogen and oxygen atoms in total. The molecule has 2 amide bonds. The zero-order valence-corrected chi connectivity index (χ0v) is 15.8. The molecular formula is C21H28N4O2. The monoisotopic (exact) mass is 368 g/mol. The van der Waals surface area contributed by atoms with Crippen LogP contribution in [-0.4, -0.2) is 40.7 Å². The molecule has 2 heterocycles. The highest BCUT2D eigenvalue weighted by Crippen LogP contribution is 2.38. The van der Waals surface area contributed by atoms with E-state index < -0.39 is 0 Å². The fourth-order valence-corrected chi connectivity index (χ4v) is 3.77. The van der Waals surface area contributed by atoms with E-state index in [1.165, 1.54) is 18.4 Å². The Balaban J connectivity index is 1.19. The Morgan fingerprint density at radius 3 is 2.89 bits per heavy atom. The molecule has 1 saturated heterocycles. The molecular weight excluding hydrogens is 340 g/mol. The van der Waals surface area contributed by atoms with Crippen molar-refractivity contribution < 1.29 is 9.32 Å². The summed E-state index contributed by atoms with van der Waals surface area (Å²) in [6, 6.07) is 10.4. The molecule has 0 radical (unpaired) electrons. The fourth-order valence-electron chi connectivity index (χ4n) is 3.77. The number of piperidine rings is 1. The molecule has 1 unspecified atom stereocenters. The first kappa shape index (κ1) is 18.0. The number of benzene rings is 1. The molecule has 4 rings (SSSR count). The van der Waals surface area contributed by atoms with E-state index in [4.69, 9.17) is 4.52 Å². The molecule has 1 aromatic heterocycles. The number of carbonyl (C=O) groups is 1. The molecule has 0 spiro atoms. The van der Waals surface area contributed by atoms with E-state index in [0.29, 0.717) is 18.4 Å². The van der Waals surface area contributed by atoms with Gasteiger partial charge in [-0.2, -0.15) is 4.98 Å². The molecule has 6 heteroatoms. The summed E-state index contributed by atoms with van der Waals surface area (Å²) in [6.45, 7) is 2.31. The van der Waals surface area contributed by atoms with Crippen molar-refractivity contribution in [2.75, 3.05) is 19.6 Å². The van der Waals surface area contributed by atoms with Crippen LogP contribution in [0.25, 0.3) is 0 Å². The molecule has 2 aromatic rings. The van der Waals surface area contributed by atoms with Crippen LogP contribution in [0.1, 0.15) is 55.3 Å². The van der Waals surface area contributed by atoms with E-state index in [0.717, 1.165) is 56.9 Å². The van der Waals surface area contributed by atoms with Crippen molar-refractivity contribution in [2.24, 2.45) is 5.92 Å². The van der Waals surface area contributed by atoms with Gasteiger partial charge in [0.25, 0.3) is 0 Å². The van der Waals surface area contributed by atoms with Crippen LogP contribution in [-0.2, 0) is 12.8 Å². The molecule has 27 heavy (non-hydrogen) atoms. The molecule has 1 aliphatic carbocycles. The van der Waals surface area contributed by atoms with Gasteiger partial charge in [0.1, 0.15) is 0 Å². The van der Waals surface area contributed by atoms with Crippen LogP contribution in [0.2, 0.25) is 0 Å². The van der Waals surface area contributed by atoms with E-state index >= 15 is 0 Å². The van der Waals surface area contributed by atoms with Crippen molar-refractivity contribution in [1.29, 1.82) is 0 Å². The van der Waals surface area contributed by atoms with E-state index in [1.54, 1.807) is 0 Å². The molecule has 1 saturated carbocycles. The number of nitrogens with zero attached hydrogens (tertiary/aromatic N) is 3. The van der Waals surface area contributed by atoms with Gasteiger partial charge >= 0.3 is 6.03 Å². The first-order valence-corrected chi connectivity index (χ1v) is 10.2. The summed E-state index contributed by atoms with van der Waals surface area (Å²) < 4.78 is 5.41. The zero-order valence-electron chi connectivity index (χ0n) is 15.8. The molecule has 1 atom stereocenters. The maximum atomic E-state index is 12.5. The number of nitrogens with one attached hydrogen (secondary N) is 1. The lowest BCUT2D eigenvalue weighted by atomic mass is 9.95. The molecule has 0 bridgehead atoms. The molecule has 1 N–H and O–H groups in total. The first-order valence-electron chi connectivity index (χ1n) is 10.2. The molecule has 2 aliphatic rings. The van der Waals surface area contributed by atoms with Crippen molar-refractivity contribution in [3.05, 3.63) is 47.6 Å². The third-order valence-corrected chi connectivity index (χ3v) is 5.46. The summed E-state index contributed by atoms with van der Waals surface area (Å²) in [5.41, 5.74) is 1.31. The van der Waals surface area contributed by atoms with Crippen LogP contribution < -0.4 is 5.32 Å². The smallest absolute Gasteiger partial charge is 0.317 e. The SMILES string of the molecule is O=C(NCCCc1ccccc1)N1CCCC(Cc2nc(C3CC3)no2)C1. The van der Waals surface area contributed by atoms with Gasteiger partial charge in [0.15, 0.2) is 5.82 Å². The number of hydrogen-bond donors (Lipinski definition) is 1. The standard InChI is InChI=1S/C21H28N4O2/c26-21(22-12-4-8-16-6-2-1-3-7-16)25-13-5-9-17(15-25)14-19-23-20(24-27-19)18-10-11-18/h1-3,6-7,17-18H,4-5,8-15H2,(H,22,26). The van der Waals surface area contributed by atoms with Crippen molar-refractivity contribution in [1.82, 2.24) is 20.4 Å². The minimum absolute atomic E-state index is 0.0527. The third kappa shape index (κ3) is 5.08. The molecule has 1 aromatic carbocycles. The Morgan fingerprint density at radius 2 is 2.07 bits per heavy atom. The summed E-state index contributed by atoms with van der Waals surface area (Å²) >= 11 is 0. The highest BCUT2D eigenvalue weighted by atomic mass is 16.5. The lowest BCUT2D eigenvalue weighted by Crippen LogP contribution is -2.46. The van der Waals surface area contributed by atoms with Gasteiger partial charge in [-0.25, -0.2) is 4.79 Å². The number of aryl methyl sites for hydroxylation is 1.